The highest BCUT2D eigenvalue weighted by Crippen LogP contribution is 2.23. The number of carbonyl (C=O) groups excluding carboxylic acids is 2. The number of rotatable bonds is 7. The van der Waals surface area contributed by atoms with Gasteiger partial charge >= 0.3 is 0 Å². The molecular formula is C21H23N3O3. The van der Waals surface area contributed by atoms with Gasteiger partial charge in [0.1, 0.15) is 5.52 Å². The van der Waals surface area contributed by atoms with Crippen LogP contribution in [-0.2, 0) is 16.0 Å². The minimum absolute atomic E-state index is 0.0979. The number of oxazole rings is 1. The minimum atomic E-state index is -0.165. The molecule has 0 spiro atoms. The summed E-state index contributed by atoms with van der Waals surface area (Å²) in [6.07, 6.45) is 0.512. The van der Waals surface area contributed by atoms with Crippen molar-refractivity contribution in [3.8, 4) is 0 Å². The summed E-state index contributed by atoms with van der Waals surface area (Å²) in [5.41, 5.74) is 3.02. The van der Waals surface area contributed by atoms with Gasteiger partial charge in [-0.05, 0) is 23.8 Å². The molecule has 0 unspecified atom stereocenters. The van der Waals surface area contributed by atoms with E-state index in [1.165, 1.54) is 0 Å². The Morgan fingerprint density at radius 1 is 1.07 bits per heavy atom. The Labute approximate surface area is 158 Å². The number of anilines is 1. The second kappa shape index (κ2) is 8.49. The quantitative estimate of drug-likeness (QED) is 0.669. The molecule has 0 bridgehead atoms. The van der Waals surface area contributed by atoms with Gasteiger partial charge in [-0.2, -0.15) is 0 Å². The highest BCUT2D eigenvalue weighted by atomic mass is 16.3. The van der Waals surface area contributed by atoms with Crippen LogP contribution in [-0.4, -0.2) is 23.3 Å². The van der Waals surface area contributed by atoms with E-state index in [0.717, 1.165) is 5.56 Å². The predicted octanol–water partition coefficient (Wildman–Crippen LogP) is 3.64. The minimum Gasteiger partial charge on any atom is -0.440 e. The van der Waals surface area contributed by atoms with Crippen LogP contribution in [0.3, 0.4) is 0 Å². The fourth-order valence-electron chi connectivity index (χ4n) is 2.65. The molecule has 2 N–H and O–H groups in total. The van der Waals surface area contributed by atoms with E-state index in [-0.39, 0.29) is 24.2 Å². The number of hydrogen-bond acceptors (Lipinski definition) is 4. The average Bonchev–Trinajstić information content (AvgIpc) is 3.06. The number of fused-ring (bicyclic) bond motifs is 1. The van der Waals surface area contributed by atoms with Gasteiger partial charge in [0.15, 0.2) is 11.5 Å². The first-order valence-electron chi connectivity index (χ1n) is 9.02. The van der Waals surface area contributed by atoms with Crippen molar-refractivity contribution in [2.45, 2.75) is 32.6 Å². The second-order valence-electron chi connectivity index (χ2n) is 6.70. The lowest BCUT2D eigenvalue weighted by Crippen LogP contribution is -2.28. The van der Waals surface area contributed by atoms with Crippen molar-refractivity contribution in [3.05, 3.63) is 60.0 Å². The zero-order valence-corrected chi connectivity index (χ0v) is 15.5. The number of nitrogens with one attached hydrogen (secondary N) is 2. The molecule has 1 heterocycles. The molecule has 6 nitrogen and oxygen atoms in total. The highest BCUT2D eigenvalue weighted by molar-refractivity contribution is 5.93. The van der Waals surface area contributed by atoms with E-state index >= 15 is 0 Å². The molecule has 0 saturated carbocycles. The van der Waals surface area contributed by atoms with Crippen molar-refractivity contribution < 1.29 is 14.0 Å². The molecule has 0 aliphatic heterocycles. The Kier molecular flexibility index (Phi) is 5.86. The van der Waals surface area contributed by atoms with Crippen LogP contribution in [0.1, 0.15) is 37.6 Å². The molecule has 1 aromatic heterocycles. The van der Waals surface area contributed by atoms with Gasteiger partial charge in [0.05, 0.1) is 6.42 Å². The number of carbonyl (C=O) groups is 2. The van der Waals surface area contributed by atoms with Gasteiger partial charge in [-0.1, -0.05) is 44.2 Å². The first-order chi connectivity index (χ1) is 13.0. The van der Waals surface area contributed by atoms with E-state index < -0.39 is 0 Å². The summed E-state index contributed by atoms with van der Waals surface area (Å²) in [7, 11) is 0. The van der Waals surface area contributed by atoms with E-state index in [1.807, 2.05) is 44.2 Å². The van der Waals surface area contributed by atoms with Crippen LogP contribution in [0.5, 0.6) is 0 Å². The van der Waals surface area contributed by atoms with Crippen molar-refractivity contribution in [2.75, 3.05) is 11.9 Å². The summed E-state index contributed by atoms with van der Waals surface area (Å²) in [6.45, 7) is 4.32. The molecule has 2 amide bonds. The number of nitrogens with zero attached hydrogens (tertiary/aromatic N) is 1. The third-order valence-electron chi connectivity index (χ3n) is 4.06. The molecule has 2 aromatic carbocycles. The summed E-state index contributed by atoms with van der Waals surface area (Å²) in [5, 5.41) is 5.59. The largest absolute Gasteiger partial charge is 0.440 e. The van der Waals surface area contributed by atoms with Gasteiger partial charge in [0, 0.05) is 24.6 Å². The van der Waals surface area contributed by atoms with E-state index in [2.05, 4.69) is 15.6 Å². The number of amides is 2. The van der Waals surface area contributed by atoms with Crippen molar-refractivity contribution in [1.82, 2.24) is 10.3 Å². The molecule has 0 saturated heterocycles. The molecule has 0 radical (unpaired) electrons. The second-order valence-corrected chi connectivity index (χ2v) is 6.70. The van der Waals surface area contributed by atoms with Crippen LogP contribution in [0.4, 0.5) is 5.69 Å². The summed E-state index contributed by atoms with van der Waals surface area (Å²) in [5.74, 6) is 0.616. The van der Waals surface area contributed by atoms with Gasteiger partial charge in [0.2, 0.25) is 11.8 Å². The zero-order valence-electron chi connectivity index (χ0n) is 15.5. The summed E-state index contributed by atoms with van der Waals surface area (Å²) in [4.78, 5) is 28.4. The molecule has 0 aliphatic carbocycles. The van der Waals surface area contributed by atoms with Crippen LogP contribution in [0, 0.1) is 0 Å². The number of benzene rings is 2. The molecule has 0 atom stereocenters. The van der Waals surface area contributed by atoms with E-state index in [4.69, 9.17) is 4.42 Å². The molecule has 0 fully saturated rings. The fraction of sp³-hybridized carbons (Fsp3) is 0.286. The van der Waals surface area contributed by atoms with Gasteiger partial charge < -0.3 is 15.1 Å². The van der Waals surface area contributed by atoms with Crippen molar-refractivity contribution >= 4 is 28.6 Å². The summed E-state index contributed by atoms with van der Waals surface area (Å²) < 4.78 is 5.66. The van der Waals surface area contributed by atoms with E-state index in [0.29, 0.717) is 35.6 Å². The predicted molar refractivity (Wildman–Crippen MR) is 105 cm³/mol. The first kappa shape index (κ1) is 18.6. The average molecular weight is 365 g/mol. The zero-order chi connectivity index (χ0) is 19.2. The first-order valence-corrected chi connectivity index (χ1v) is 9.02. The lowest BCUT2D eigenvalue weighted by molar-refractivity contribution is -0.120. The highest BCUT2D eigenvalue weighted by Gasteiger charge is 2.11. The lowest BCUT2D eigenvalue weighted by Gasteiger charge is -2.07. The van der Waals surface area contributed by atoms with Gasteiger partial charge in [-0.3, -0.25) is 9.59 Å². The standard InChI is InChI=1S/C21H23N3O3/c1-14(2)21-24-17-13-16(8-9-18(17)27-21)23-19(25)10-11-22-20(26)12-15-6-4-3-5-7-15/h3-9,13-14H,10-12H2,1-2H3,(H,22,26)(H,23,25). The topological polar surface area (TPSA) is 84.2 Å². The van der Waals surface area contributed by atoms with Gasteiger partial charge in [-0.15, -0.1) is 0 Å². The molecule has 140 valence electrons. The van der Waals surface area contributed by atoms with E-state index in [9.17, 15) is 9.59 Å². The van der Waals surface area contributed by atoms with Crippen molar-refractivity contribution in [2.24, 2.45) is 0 Å². The Bertz CT molecular complexity index is 932. The maximum absolute atomic E-state index is 12.1. The van der Waals surface area contributed by atoms with Gasteiger partial charge in [0.25, 0.3) is 0 Å². The summed E-state index contributed by atoms with van der Waals surface area (Å²) >= 11 is 0. The van der Waals surface area contributed by atoms with Crippen molar-refractivity contribution in [3.63, 3.8) is 0 Å². The molecule has 0 aliphatic rings. The Morgan fingerprint density at radius 2 is 1.85 bits per heavy atom. The Hall–Kier alpha value is -3.15. The van der Waals surface area contributed by atoms with Crippen LogP contribution in [0.25, 0.3) is 11.1 Å². The van der Waals surface area contributed by atoms with Crippen LogP contribution >= 0.6 is 0 Å². The van der Waals surface area contributed by atoms with E-state index in [1.54, 1.807) is 18.2 Å². The maximum Gasteiger partial charge on any atom is 0.226 e. The number of aromatic nitrogens is 1. The SMILES string of the molecule is CC(C)c1nc2cc(NC(=O)CCNC(=O)Cc3ccccc3)ccc2o1. The van der Waals surface area contributed by atoms with Crippen LogP contribution in [0.2, 0.25) is 0 Å². The maximum atomic E-state index is 12.1. The molecule has 27 heavy (non-hydrogen) atoms. The third kappa shape index (κ3) is 5.17. The van der Waals surface area contributed by atoms with Crippen molar-refractivity contribution in [1.29, 1.82) is 0 Å². The molecular weight excluding hydrogens is 342 g/mol. The summed E-state index contributed by atoms with van der Waals surface area (Å²) in [6, 6.07) is 14.9. The number of hydrogen-bond donors (Lipinski definition) is 2. The molecule has 6 heteroatoms. The molecule has 3 aromatic rings. The third-order valence-corrected chi connectivity index (χ3v) is 4.06. The monoisotopic (exact) mass is 365 g/mol. The van der Waals surface area contributed by atoms with Gasteiger partial charge in [-0.25, -0.2) is 4.98 Å². The fourth-order valence-corrected chi connectivity index (χ4v) is 2.65. The Balaban J connectivity index is 1.47. The lowest BCUT2D eigenvalue weighted by atomic mass is 10.1. The smallest absolute Gasteiger partial charge is 0.226 e. The normalized spacial score (nSPS) is 10.9. The van der Waals surface area contributed by atoms with Crippen LogP contribution in [0.15, 0.2) is 52.9 Å². The molecule has 3 rings (SSSR count). The van der Waals surface area contributed by atoms with Crippen LogP contribution < -0.4 is 10.6 Å². The Morgan fingerprint density at radius 3 is 2.59 bits per heavy atom.